The highest BCUT2D eigenvalue weighted by Crippen LogP contribution is 2.46. The molecule has 0 saturated heterocycles. The Bertz CT molecular complexity index is 779. The van der Waals surface area contributed by atoms with E-state index in [1.165, 1.54) is 0 Å². The third kappa shape index (κ3) is 5.55. The minimum Gasteiger partial charge on any atom is -0.423 e. The van der Waals surface area contributed by atoms with Gasteiger partial charge in [0, 0.05) is 17.3 Å². The van der Waals surface area contributed by atoms with Gasteiger partial charge in [-0.2, -0.15) is 0 Å². The van der Waals surface area contributed by atoms with Gasteiger partial charge < -0.3 is 9.42 Å². The molecule has 0 saturated carbocycles. The van der Waals surface area contributed by atoms with Crippen LogP contribution in [-0.2, 0) is 16.5 Å². The first-order chi connectivity index (χ1) is 11.7. The largest absolute Gasteiger partial charge is 0.423 e. The molecule has 134 valence electrons. The lowest BCUT2D eigenvalue weighted by atomic mass is 9.85. The van der Waals surface area contributed by atoms with Crippen LogP contribution < -0.4 is 4.52 Å². The molecule has 0 amide bonds. The SMILES string of the molecule is CCP(=O)(O)Oc1c(C=NCc2ccccc2)cccc1C(C)(C)C. The van der Waals surface area contributed by atoms with Gasteiger partial charge in [-0.1, -0.05) is 70.2 Å². The predicted molar refractivity (Wildman–Crippen MR) is 104 cm³/mol. The minimum absolute atomic E-state index is 0.0616. The summed E-state index contributed by atoms with van der Waals surface area (Å²) in [5.41, 5.74) is 2.49. The highest BCUT2D eigenvalue weighted by molar-refractivity contribution is 7.53. The lowest BCUT2D eigenvalue weighted by Gasteiger charge is -2.25. The zero-order valence-electron chi connectivity index (χ0n) is 15.3. The Morgan fingerprint density at radius 1 is 1.12 bits per heavy atom. The monoisotopic (exact) mass is 359 g/mol. The van der Waals surface area contributed by atoms with Crippen molar-refractivity contribution in [3.8, 4) is 5.75 Å². The summed E-state index contributed by atoms with van der Waals surface area (Å²) in [5.74, 6) is 0.444. The fourth-order valence-corrected chi connectivity index (χ4v) is 3.01. The second-order valence-electron chi connectivity index (χ2n) is 6.97. The topological polar surface area (TPSA) is 58.9 Å². The normalized spacial score (nSPS) is 14.4. The molecule has 0 aliphatic carbocycles. The Kier molecular flexibility index (Phi) is 6.21. The van der Waals surface area contributed by atoms with Crippen LogP contribution in [0.3, 0.4) is 0 Å². The number of aliphatic imine (C=N–C) groups is 1. The molecule has 1 N–H and O–H groups in total. The molecule has 0 spiro atoms. The Hall–Kier alpha value is -1.90. The van der Waals surface area contributed by atoms with Crippen LogP contribution >= 0.6 is 7.60 Å². The van der Waals surface area contributed by atoms with E-state index in [2.05, 4.69) is 4.99 Å². The standard InChI is InChI=1S/C20H26NO3P/c1-5-25(22,23)24-19-17(12-9-13-18(19)20(2,3)4)15-21-14-16-10-7-6-8-11-16/h6-13,15H,5,14H2,1-4H3,(H,22,23). The van der Waals surface area contributed by atoms with Crippen LogP contribution in [0.15, 0.2) is 53.5 Å². The van der Waals surface area contributed by atoms with Gasteiger partial charge in [0.2, 0.25) is 0 Å². The number of nitrogens with zero attached hydrogens (tertiary/aromatic N) is 1. The molecule has 0 fully saturated rings. The van der Waals surface area contributed by atoms with E-state index in [0.717, 1.165) is 11.1 Å². The number of hydrogen-bond donors (Lipinski definition) is 1. The van der Waals surface area contributed by atoms with Crippen molar-refractivity contribution in [2.45, 2.75) is 39.7 Å². The van der Waals surface area contributed by atoms with Crippen molar-refractivity contribution < 1.29 is 14.0 Å². The maximum Gasteiger partial charge on any atom is 0.376 e. The summed E-state index contributed by atoms with van der Waals surface area (Å²) in [6.07, 6.45) is 1.78. The summed E-state index contributed by atoms with van der Waals surface area (Å²) in [5, 5.41) is 0. The molecule has 25 heavy (non-hydrogen) atoms. The van der Waals surface area contributed by atoms with E-state index in [0.29, 0.717) is 17.9 Å². The molecule has 0 heterocycles. The summed E-state index contributed by atoms with van der Waals surface area (Å²) >= 11 is 0. The molecule has 1 atom stereocenters. The molecule has 1 unspecified atom stereocenters. The van der Waals surface area contributed by atoms with Crippen LogP contribution in [0.1, 0.15) is 44.4 Å². The van der Waals surface area contributed by atoms with Gasteiger partial charge in [-0.25, -0.2) is 4.57 Å². The van der Waals surface area contributed by atoms with E-state index in [1.54, 1.807) is 13.1 Å². The van der Waals surface area contributed by atoms with Crippen LogP contribution in [0.5, 0.6) is 5.75 Å². The molecule has 2 aromatic rings. The molecular weight excluding hydrogens is 333 g/mol. The van der Waals surface area contributed by atoms with Crippen molar-refractivity contribution in [2.24, 2.45) is 4.99 Å². The summed E-state index contributed by atoms with van der Waals surface area (Å²) in [7, 11) is -3.67. The van der Waals surface area contributed by atoms with Gasteiger partial charge in [-0.05, 0) is 17.0 Å². The summed E-state index contributed by atoms with van der Waals surface area (Å²) in [4.78, 5) is 14.5. The van der Waals surface area contributed by atoms with Gasteiger partial charge in [0.05, 0.1) is 12.7 Å². The molecule has 0 aliphatic heterocycles. The molecule has 0 aliphatic rings. The fourth-order valence-electron chi connectivity index (χ4n) is 2.39. The molecular formula is C20H26NO3P. The number of rotatable bonds is 6. The molecule has 2 rings (SSSR count). The van der Waals surface area contributed by atoms with Crippen LogP contribution in [0.25, 0.3) is 0 Å². The second-order valence-corrected chi connectivity index (χ2v) is 9.06. The zero-order valence-corrected chi connectivity index (χ0v) is 16.2. The van der Waals surface area contributed by atoms with Crippen LogP contribution in [-0.4, -0.2) is 17.3 Å². The van der Waals surface area contributed by atoms with Crippen molar-refractivity contribution in [1.29, 1.82) is 0 Å². The van der Waals surface area contributed by atoms with Gasteiger partial charge in [0.25, 0.3) is 0 Å². The third-order valence-corrected chi connectivity index (χ3v) is 5.10. The van der Waals surface area contributed by atoms with Crippen LogP contribution in [0, 0.1) is 0 Å². The Morgan fingerprint density at radius 3 is 2.40 bits per heavy atom. The van der Waals surface area contributed by atoms with Crippen molar-refractivity contribution in [2.75, 3.05) is 6.16 Å². The number of hydrogen-bond acceptors (Lipinski definition) is 3. The average molecular weight is 359 g/mol. The third-order valence-electron chi connectivity index (χ3n) is 3.83. The molecule has 0 bridgehead atoms. The quantitative estimate of drug-likeness (QED) is 0.570. The zero-order chi connectivity index (χ0) is 18.5. The summed E-state index contributed by atoms with van der Waals surface area (Å²) in [6.45, 7) is 8.34. The molecule has 0 aromatic heterocycles. The first-order valence-corrected chi connectivity index (χ1v) is 10.2. The maximum atomic E-state index is 12.2. The van der Waals surface area contributed by atoms with E-state index in [9.17, 15) is 9.46 Å². The predicted octanol–water partition coefficient (Wildman–Crippen LogP) is 5.19. The van der Waals surface area contributed by atoms with Gasteiger partial charge in [0.1, 0.15) is 5.75 Å². The molecule has 5 heteroatoms. The van der Waals surface area contributed by atoms with Crippen molar-refractivity contribution >= 4 is 13.8 Å². The Balaban J connectivity index is 2.37. The van der Waals surface area contributed by atoms with E-state index in [1.807, 2.05) is 69.3 Å². The van der Waals surface area contributed by atoms with E-state index >= 15 is 0 Å². The minimum atomic E-state index is -3.67. The molecule has 2 aromatic carbocycles. The van der Waals surface area contributed by atoms with Gasteiger partial charge >= 0.3 is 7.60 Å². The maximum absolute atomic E-state index is 12.2. The van der Waals surface area contributed by atoms with E-state index in [-0.39, 0.29) is 11.6 Å². The highest BCUT2D eigenvalue weighted by Gasteiger charge is 2.26. The van der Waals surface area contributed by atoms with Gasteiger partial charge in [0.15, 0.2) is 0 Å². The van der Waals surface area contributed by atoms with Crippen LogP contribution in [0.4, 0.5) is 0 Å². The second kappa shape index (κ2) is 7.99. The lowest BCUT2D eigenvalue weighted by molar-refractivity contribution is 0.375. The van der Waals surface area contributed by atoms with Crippen molar-refractivity contribution in [3.05, 3.63) is 65.2 Å². The number of benzene rings is 2. The molecule has 4 nitrogen and oxygen atoms in total. The van der Waals surface area contributed by atoms with E-state index < -0.39 is 7.60 Å². The summed E-state index contributed by atoms with van der Waals surface area (Å²) < 4.78 is 17.7. The van der Waals surface area contributed by atoms with Crippen molar-refractivity contribution in [3.63, 3.8) is 0 Å². The number of para-hydroxylation sites is 1. The van der Waals surface area contributed by atoms with Crippen molar-refractivity contribution in [1.82, 2.24) is 0 Å². The summed E-state index contributed by atoms with van der Waals surface area (Å²) in [6, 6.07) is 15.7. The molecule has 0 radical (unpaired) electrons. The first kappa shape index (κ1) is 19.4. The fraction of sp³-hybridized carbons (Fsp3) is 0.350. The smallest absolute Gasteiger partial charge is 0.376 e. The van der Waals surface area contributed by atoms with Gasteiger partial charge in [-0.3, -0.25) is 4.99 Å². The Labute approximate surface area is 150 Å². The average Bonchev–Trinajstić information content (AvgIpc) is 2.56. The van der Waals surface area contributed by atoms with Gasteiger partial charge in [-0.15, -0.1) is 0 Å². The highest BCUT2D eigenvalue weighted by atomic mass is 31.2. The van der Waals surface area contributed by atoms with Crippen LogP contribution in [0.2, 0.25) is 0 Å². The first-order valence-electron chi connectivity index (χ1n) is 8.41. The van der Waals surface area contributed by atoms with E-state index in [4.69, 9.17) is 4.52 Å². The lowest BCUT2D eigenvalue weighted by Crippen LogP contribution is -2.14. The Morgan fingerprint density at radius 2 is 1.80 bits per heavy atom.